The smallest absolute Gasteiger partial charge is 0.261 e. The highest BCUT2D eigenvalue weighted by atomic mass is 79.9. The van der Waals surface area contributed by atoms with Crippen molar-refractivity contribution in [3.8, 4) is 0 Å². The number of nitrogens with zero attached hydrogens (tertiary/aromatic N) is 2. The topological polar surface area (TPSA) is 84.7 Å². The minimum Gasteiger partial charge on any atom is -0.369 e. The highest BCUT2D eigenvalue weighted by molar-refractivity contribution is 9.08. The first-order valence-electron chi connectivity index (χ1n) is 3.91. The number of fused-ring (bicyclic) bond motifs is 1. The maximum Gasteiger partial charge on any atom is 0.261 e. The molecule has 72 valence electrons. The van der Waals surface area contributed by atoms with Gasteiger partial charge >= 0.3 is 0 Å². The van der Waals surface area contributed by atoms with Gasteiger partial charge in [0.15, 0.2) is 5.65 Å². The third kappa shape index (κ3) is 1.48. The molecule has 0 radical (unpaired) electrons. The molecule has 0 aliphatic carbocycles. The van der Waals surface area contributed by atoms with Crippen molar-refractivity contribution < 1.29 is 0 Å². The predicted molar refractivity (Wildman–Crippen MR) is 57.2 cm³/mol. The zero-order valence-electron chi connectivity index (χ0n) is 7.12. The van der Waals surface area contributed by atoms with Crippen molar-refractivity contribution in [2.24, 2.45) is 0 Å². The molecular formula is C8H7BrN4O. The van der Waals surface area contributed by atoms with E-state index in [-0.39, 0.29) is 11.5 Å². The minimum absolute atomic E-state index is 0.0848. The molecule has 0 aromatic carbocycles. The van der Waals surface area contributed by atoms with Crippen LogP contribution in [0.5, 0.6) is 0 Å². The molecule has 0 aliphatic heterocycles. The minimum atomic E-state index is -0.261. The van der Waals surface area contributed by atoms with Crippen molar-refractivity contribution >= 4 is 32.9 Å². The average molecular weight is 255 g/mol. The molecule has 0 fully saturated rings. The van der Waals surface area contributed by atoms with Crippen molar-refractivity contribution in [2.75, 3.05) is 5.73 Å². The SMILES string of the molecule is Nc1nc2ncc(CBr)cc2c(=O)[nH]1. The number of anilines is 1. The van der Waals surface area contributed by atoms with Crippen LogP contribution in [0.1, 0.15) is 5.56 Å². The Kier molecular flexibility index (Phi) is 2.20. The van der Waals surface area contributed by atoms with Gasteiger partial charge in [-0.1, -0.05) is 15.9 Å². The Bertz CT molecular complexity index is 536. The van der Waals surface area contributed by atoms with Gasteiger partial charge in [-0.15, -0.1) is 0 Å². The van der Waals surface area contributed by atoms with Gasteiger partial charge in [-0.2, -0.15) is 4.98 Å². The number of aromatic nitrogens is 3. The van der Waals surface area contributed by atoms with Gasteiger partial charge in [0.2, 0.25) is 5.95 Å². The molecule has 2 aromatic rings. The van der Waals surface area contributed by atoms with Crippen molar-refractivity contribution in [3.63, 3.8) is 0 Å². The summed E-state index contributed by atoms with van der Waals surface area (Å²) in [6, 6.07) is 1.74. The van der Waals surface area contributed by atoms with Gasteiger partial charge in [-0.25, -0.2) is 4.98 Å². The van der Waals surface area contributed by atoms with Crippen LogP contribution in [0.3, 0.4) is 0 Å². The quantitative estimate of drug-likeness (QED) is 0.738. The lowest BCUT2D eigenvalue weighted by molar-refractivity contribution is 1.15. The number of hydrogen-bond donors (Lipinski definition) is 2. The molecule has 14 heavy (non-hydrogen) atoms. The Hall–Kier alpha value is -1.43. The van der Waals surface area contributed by atoms with Crippen LogP contribution in [-0.2, 0) is 5.33 Å². The van der Waals surface area contributed by atoms with Crippen LogP contribution < -0.4 is 11.3 Å². The molecule has 2 heterocycles. The highest BCUT2D eigenvalue weighted by Crippen LogP contribution is 2.09. The molecule has 0 unspecified atom stereocenters. The van der Waals surface area contributed by atoms with E-state index in [4.69, 9.17) is 5.73 Å². The van der Waals surface area contributed by atoms with E-state index in [0.717, 1.165) is 5.56 Å². The van der Waals surface area contributed by atoms with E-state index in [9.17, 15) is 4.79 Å². The number of halogens is 1. The van der Waals surface area contributed by atoms with E-state index < -0.39 is 0 Å². The maximum atomic E-state index is 11.4. The largest absolute Gasteiger partial charge is 0.369 e. The average Bonchev–Trinajstić information content (AvgIpc) is 2.17. The third-order valence-corrected chi connectivity index (χ3v) is 2.44. The summed E-state index contributed by atoms with van der Waals surface area (Å²) in [7, 11) is 0. The summed E-state index contributed by atoms with van der Waals surface area (Å²) in [6.45, 7) is 0. The summed E-state index contributed by atoms with van der Waals surface area (Å²) in [5, 5.41) is 1.11. The zero-order valence-corrected chi connectivity index (χ0v) is 8.71. The number of nitrogen functional groups attached to an aromatic ring is 1. The summed E-state index contributed by atoms with van der Waals surface area (Å²) in [5.74, 6) is 0.0848. The first-order valence-corrected chi connectivity index (χ1v) is 5.03. The molecule has 0 saturated heterocycles. The molecule has 6 heteroatoms. The number of hydrogen-bond acceptors (Lipinski definition) is 4. The maximum absolute atomic E-state index is 11.4. The van der Waals surface area contributed by atoms with E-state index in [1.807, 2.05) is 0 Å². The Labute approximate surface area is 87.5 Å². The van der Waals surface area contributed by atoms with Gasteiger partial charge in [0, 0.05) is 11.5 Å². The third-order valence-electron chi connectivity index (χ3n) is 1.79. The monoisotopic (exact) mass is 254 g/mol. The standard InChI is InChI=1S/C8H7BrN4O/c9-2-4-1-5-6(11-3-4)12-8(10)13-7(5)14/h1,3H,2H2,(H3,10,11,12,13,14). The van der Waals surface area contributed by atoms with Crippen LogP contribution in [0.15, 0.2) is 17.1 Å². The van der Waals surface area contributed by atoms with E-state index in [1.165, 1.54) is 0 Å². The summed E-state index contributed by atoms with van der Waals surface area (Å²) in [4.78, 5) is 21.8. The molecule has 2 aromatic heterocycles. The molecule has 3 N–H and O–H groups in total. The molecule has 2 rings (SSSR count). The lowest BCUT2D eigenvalue weighted by Gasteiger charge is -1.99. The van der Waals surface area contributed by atoms with Gasteiger partial charge in [-0.3, -0.25) is 9.78 Å². The summed E-state index contributed by atoms with van der Waals surface area (Å²) in [5.41, 5.74) is 6.41. The predicted octanol–water partition coefficient (Wildman–Crippen LogP) is 0.795. The fraction of sp³-hybridized carbons (Fsp3) is 0.125. The van der Waals surface area contributed by atoms with E-state index in [1.54, 1.807) is 12.3 Å². The van der Waals surface area contributed by atoms with Crippen LogP contribution in [0.25, 0.3) is 11.0 Å². The van der Waals surface area contributed by atoms with Crippen LogP contribution >= 0.6 is 15.9 Å². The highest BCUT2D eigenvalue weighted by Gasteiger charge is 2.03. The van der Waals surface area contributed by atoms with Crippen molar-refractivity contribution in [1.82, 2.24) is 15.0 Å². The van der Waals surface area contributed by atoms with Crippen LogP contribution in [-0.4, -0.2) is 15.0 Å². The zero-order chi connectivity index (χ0) is 10.1. The van der Waals surface area contributed by atoms with E-state index >= 15 is 0 Å². The normalized spacial score (nSPS) is 10.6. The first-order chi connectivity index (χ1) is 6.70. The Morgan fingerprint density at radius 3 is 3.07 bits per heavy atom. The second kappa shape index (κ2) is 3.38. The van der Waals surface area contributed by atoms with E-state index in [2.05, 4.69) is 30.9 Å². The van der Waals surface area contributed by atoms with Crippen LogP contribution in [0.4, 0.5) is 5.95 Å². The lowest BCUT2D eigenvalue weighted by atomic mass is 10.2. The van der Waals surface area contributed by atoms with Crippen molar-refractivity contribution in [2.45, 2.75) is 5.33 Å². The summed E-state index contributed by atoms with van der Waals surface area (Å²) < 4.78 is 0. The Balaban J connectivity index is 2.82. The first kappa shape index (κ1) is 9.14. The van der Waals surface area contributed by atoms with Gasteiger partial charge < -0.3 is 5.73 Å². The molecule has 0 aliphatic rings. The Morgan fingerprint density at radius 2 is 2.36 bits per heavy atom. The second-order valence-corrected chi connectivity index (χ2v) is 3.36. The number of aromatic amines is 1. The van der Waals surface area contributed by atoms with Crippen molar-refractivity contribution in [1.29, 1.82) is 0 Å². The number of nitrogens with one attached hydrogen (secondary N) is 1. The van der Waals surface area contributed by atoms with Crippen LogP contribution in [0.2, 0.25) is 0 Å². The summed E-state index contributed by atoms with van der Waals surface area (Å²) in [6.07, 6.45) is 1.66. The van der Waals surface area contributed by atoms with Gasteiger partial charge in [-0.05, 0) is 11.6 Å². The molecule has 0 amide bonds. The number of rotatable bonds is 1. The van der Waals surface area contributed by atoms with Gasteiger partial charge in [0.05, 0.1) is 5.39 Å². The van der Waals surface area contributed by atoms with E-state index in [0.29, 0.717) is 16.4 Å². The van der Waals surface area contributed by atoms with Crippen molar-refractivity contribution in [3.05, 3.63) is 28.2 Å². The second-order valence-electron chi connectivity index (χ2n) is 2.80. The molecule has 0 atom stereocenters. The van der Waals surface area contributed by atoms with Crippen LogP contribution in [0, 0.1) is 0 Å². The Morgan fingerprint density at radius 1 is 1.57 bits per heavy atom. The fourth-order valence-corrected chi connectivity index (χ4v) is 1.46. The number of pyridine rings is 1. The number of H-pyrrole nitrogens is 1. The summed E-state index contributed by atoms with van der Waals surface area (Å²) >= 11 is 3.28. The molecule has 5 nitrogen and oxygen atoms in total. The van der Waals surface area contributed by atoms with Gasteiger partial charge in [0.25, 0.3) is 5.56 Å². The lowest BCUT2D eigenvalue weighted by Crippen LogP contribution is -2.12. The molecule has 0 spiro atoms. The molecular weight excluding hydrogens is 248 g/mol. The molecule has 0 bridgehead atoms. The number of nitrogens with two attached hydrogens (primary N) is 1. The van der Waals surface area contributed by atoms with Gasteiger partial charge in [0.1, 0.15) is 0 Å². The molecule has 0 saturated carbocycles. The number of alkyl halides is 1. The fourth-order valence-electron chi connectivity index (χ4n) is 1.16.